The predicted octanol–water partition coefficient (Wildman–Crippen LogP) is 1.89. The zero-order valence-electron chi connectivity index (χ0n) is 19.7. The summed E-state index contributed by atoms with van der Waals surface area (Å²) in [6.07, 6.45) is 2.08. The van der Waals surface area contributed by atoms with Crippen molar-refractivity contribution >= 4 is 21.6 Å². The number of aryl methyl sites for hydroxylation is 2. The quantitative estimate of drug-likeness (QED) is 0.609. The van der Waals surface area contributed by atoms with Gasteiger partial charge in [-0.25, -0.2) is 13.4 Å². The molecule has 2 aliphatic rings. The number of hydrogen-bond donors (Lipinski definition) is 0. The third-order valence-electron chi connectivity index (χ3n) is 6.16. The van der Waals surface area contributed by atoms with E-state index in [1.807, 2.05) is 14.0 Å². The highest BCUT2D eigenvalue weighted by Gasteiger charge is 2.31. The number of amides is 1. The molecule has 0 N–H and O–H groups in total. The lowest BCUT2D eigenvalue weighted by molar-refractivity contribution is 0.0991. The summed E-state index contributed by atoms with van der Waals surface area (Å²) in [5.41, 5.74) is 3.30. The Bertz CT molecular complexity index is 1190. The fourth-order valence-electron chi connectivity index (χ4n) is 4.41. The molecule has 1 fully saturated rings. The number of fused-ring (bicyclic) bond motifs is 1. The first-order valence-corrected chi connectivity index (χ1v) is 12.8. The van der Waals surface area contributed by atoms with Crippen LogP contribution in [0, 0.1) is 0 Å². The van der Waals surface area contributed by atoms with E-state index in [9.17, 15) is 13.2 Å². The number of rotatable bonds is 7. The number of hydrogen-bond acceptors (Lipinski definition) is 6. The molecule has 178 valence electrons. The van der Waals surface area contributed by atoms with Crippen LogP contribution in [0.25, 0.3) is 0 Å². The van der Waals surface area contributed by atoms with E-state index >= 15 is 0 Å². The van der Waals surface area contributed by atoms with Gasteiger partial charge in [-0.05, 0) is 38.6 Å². The van der Waals surface area contributed by atoms with E-state index in [2.05, 4.69) is 21.9 Å². The number of ether oxygens (including phenoxy) is 1. The van der Waals surface area contributed by atoms with Crippen LogP contribution in [0.4, 0.5) is 0 Å². The molecule has 1 aromatic carbocycles. The van der Waals surface area contributed by atoms with Gasteiger partial charge >= 0.3 is 0 Å². The van der Waals surface area contributed by atoms with Crippen molar-refractivity contribution in [2.24, 2.45) is 12.0 Å². The zero-order valence-corrected chi connectivity index (χ0v) is 20.5. The summed E-state index contributed by atoms with van der Waals surface area (Å²) in [6.45, 7) is 6.62. The lowest BCUT2D eigenvalue weighted by atomic mass is 9.95. The van der Waals surface area contributed by atoms with Crippen molar-refractivity contribution < 1.29 is 17.9 Å². The summed E-state index contributed by atoms with van der Waals surface area (Å²) in [5, 5.41) is 4.53. The molecular formula is C23H31N5O4S. The van der Waals surface area contributed by atoms with Crippen molar-refractivity contribution in [3.05, 3.63) is 40.7 Å². The lowest BCUT2D eigenvalue weighted by Crippen LogP contribution is -2.47. The van der Waals surface area contributed by atoms with Crippen LogP contribution in [0.2, 0.25) is 0 Å². The van der Waals surface area contributed by atoms with Gasteiger partial charge in [0.05, 0.1) is 22.9 Å². The number of carbonyl (C=O) groups is 1. The van der Waals surface area contributed by atoms with Gasteiger partial charge in [-0.3, -0.25) is 9.48 Å². The summed E-state index contributed by atoms with van der Waals surface area (Å²) in [7, 11) is 0.0677. The largest absolute Gasteiger partial charge is 0.493 e. The fourth-order valence-corrected chi connectivity index (χ4v) is 5.86. The SMILES string of the molecule is CCCc1nn(C)c2c1CC(c1cc(S(=O)(=O)N3CCN(C)CC3)ccc1OCC)=NC2=O. The van der Waals surface area contributed by atoms with E-state index in [4.69, 9.17) is 4.74 Å². The maximum Gasteiger partial charge on any atom is 0.295 e. The van der Waals surface area contributed by atoms with E-state index in [0.29, 0.717) is 61.9 Å². The highest BCUT2D eigenvalue weighted by Crippen LogP contribution is 2.30. The predicted molar refractivity (Wildman–Crippen MR) is 126 cm³/mol. The number of aliphatic imine (C=N–C) groups is 1. The van der Waals surface area contributed by atoms with Crippen LogP contribution in [0.15, 0.2) is 28.1 Å². The monoisotopic (exact) mass is 473 g/mol. The molecule has 3 heterocycles. The second-order valence-electron chi connectivity index (χ2n) is 8.49. The van der Waals surface area contributed by atoms with Gasteiger partial charge in [0.15, 0.2) is 0 Å². The Morgan fingerprint density at radius 2 is 1.82 bits per heavy atom. The smallest absolute Gasteiger partial charge is 0.295 e. The van der Waals surface area contributed by atoms with Crippen LogP contribution >= 0.6 is 0 Å². The van der Waals surface area contributed by atoms with E-state index in [1.165, 1.54) is 4.31 Å². The minimum Gasteiger partial charge on any atom is -0.493 e. The average Bonchev–Trinajstić information content (AvgIpc) is 3.10. The third kappa shape index (κ3) is 4.47. The van der Waals surface area contributed by atoms with E-state index in [1.54, 1.807) is 29.9 Å². The molecule has 1 saturated heterocycles. The van der Waals surface area contributed by atoms with E-state index in [0.717, 1.165) is 24.1 Å². The molecule has 10 heteroatoms. The molecule has 0 bridgehead atoms. The number of piperazine rings is 1. The van der Waals surface area contributed by atoms with Gasteiger partial charge in [-0.1, -0.05) is 13.3 Å². The Hall–Kier alpha value is -2.56. The van der Waals surface area contributed by atoms with Gasteiger partial charge in [-0.15, -0.1) is 0 Å². The van der Waals surface area contributed by atoms with Gasteiger partial charge in [0.1, 0.15) is 11.4 Å². The van der Waals surface area contributed by atoms with Crippen LogP contribution in [0.1, 0.15) is 47.6 Å². The van der Waals surface area contributed by atoms with Gasteiger partial charge in [0.25, 0.3) is 5.91 Å². The summed E-state index contributed by atoms with van der Waals surface area (Å²) in [4.78, 5) is 19.5. The second-order valence-corrected chi connectivity index (χ2v) is 10.4. The molecule has 2 aliphatic heterocycles. The summed E-state index contributed by atoms with van der Waals surface area (Å²) < 4.78 is 35.6. The minimum atomic E-state index is -3.67. The van der Waals surface area contributed by atoms with Crippen molar-refractivity contribution in [1.82, 2.24) is 19.0 Å². The van der Waals surface area contributed by atoms with Crippen molar-refractivity contribution in [3.8, 4) is 5.75 Å². The van der Waals surface area contributed by atoms with Crippen LogP contribution in [-0.4, -0.2) is 78.9 Å². The molecule has 9 nitrogen and oxygen atoms in total. The molecule has 4 rings (SSSR count). The van der Waals surface area contributed by atoms with Gasteiger partial charge < -0.3 is 9.64 Å². The fraction of sp³-hybridized carbons (Fsp3) is 0.522. The lowest BCUT2D eigenvalue weighted by Gasteiger charge is -2.31. The molecule has 0 atom stereocenters. The molecule has 0 spiro atoms. The van der Waals surface area contributed by atoms with Crippen molar-refractivity contribution in [3.63, 3.8) is 0 Å². The van der Waals surface area contributed by atoms with Crippen molar-refractivity contribution in [2.75, 3.05) is 39.8 Å². The zero-order chi connectivity index (χ0) is 23.8. The molecular weight excluding hydrogens is 442 g/mol. The van der Waals surface area contributed by atoms with Crippen LogP contribution in [0.3, 0.4) is 0 Å². The van der Waals surface area contributed by atoms with Crippen LogP contribution < -0.4 is 4.74 Å². The molecule has 0 radical (unpaired) electrons. The summed E-state index contributed by atoms with van der Waals surface area (Å²) in [6, 6.07) is 4.84. The first kappa shape index (κ1) is 23.6. The molecule has 0 saturated carbocycles. The highest BCUT2D eigenvalue weighted by molar-refractivity contribution is 7.89. The number of benzene rings is 1. The number of nitrogens with zero attached hydrogens (tertiary/aromatic N) is 5. The van der Waals surface area contributed by atoms with Crippen molar-refractivity contribution in [2.45, 2.75) is 38.0 Å². The van der Waals surface area contributed by atoms with E-state index < -0.39 is 10.0 Å². The Balaban J connectivity index is 1.75. The number of carbonyl (C=O) groups excluding carboxylic acids is 1. The normalized spacial score (nSPS) is 17.7. The second kappa shape index (κ2) is 9.36. The average molecular weight is 474 g/mol. The number of likely N-dealkylation sites (N-methyl/N-ethyl adjacent to an activating group) is 1. The number of sulfonamides is 1. The Morgan fingerprint density at radius 1 is 1.09 bits per heavy atom. The highest BCUT2D eigenvalue weighted by atomic mass is 32.2. The Kier molecular flexibility index (Phi) is 6.69. The summed E-state index contributed by atoms with van der Waals surface area (Å²) >= 11 is 0. The van der Waals surface area contributed by atoms with Crippen LogP contribution in [-0.2, 0) is 29.9 Å². The maximum absolute atomic E-state index is 13.3. The molecule has 0 aliphatic carbocycles. The molecule has 0 unspecified atom stereocenters. The summed E-state index contributed by atoms with van der Waals surface area (Å²) in [5.74, 6) is 0.157. The van der Waals surface area contributed by atoms with Gasteiger partial charge in [-0.2, -0.15) is 9.40 Å². The standard InChI is InChI=1S/C23H31N5O4S/c1-5-7-19-18-15-20(24-23(29)22(18)27(4)25-19)17-14-16(8-9-21(17)32-6-2)33(30,31)28-12-10-26(3)11-13-28/h8-9,14H,5-7,10-13,15H2,1-4H3. The molecule has 1 amide bonds. The van der Waals surface area contributed by atoms with E-state index in [-0.39, 0.29) is 10.8 Å². The molecule has 33 heavy (non-hydrogen) atoms. The Morgan fingerprint density at radius 3 is 2.48 bits per heavy atom. The molecule has 2 aromatic rings. The minimum absolute atomic E-state index is 0.187. The topological polar surface area (TPSA) is 97.1 Å². The number of aromatic nitrogens is 2. The molecule has 1 aromatic heterocycles. The third-order valence-corrected chi connectivity index (χ3v) is 8.06. The van der Waals surface area contributed by atoms with Crippen molar-refractivity contribution in [1.29, 1.82) is 0 Å². The first-order valence-electron chi connectivity index (χ1n) is 11.4. The van der Waals surface area contributed by atoms with Crippen LogP contribution in [0.5, 0.6) is 5.75 Å². The maximum atomic E-state index is 13.3. The van der Waals surface area contributed by atoms with Gasteiger partial charge in [0, 0.05) is 50.8 Å². The first-order chi connectivity index (χ1) is 15.8. The Labute approximate surface area is 195 Å². The van der Waals surface area contributed by atoms with Gasteiger partial charge in [0.2, 0.25) is 10.0 Å².